The summed E-state index contributed by atoms with van der Waals surface area (Å²) >= 11 is 0. The lowest BCUT2D eigenvalue weighted by Gasteiger charge is -2.26. The van der Waals surface area contributed by atoms with Crippen LogP contribution in [0, 0.1) is 0 Å². The van der Waals surface area contributed by atoms with Crippen molar-refractivity contribution in [2.75, 3.05) is 64.6 Å². The van der Waals surface area contributed by atoms with Crippen LogP contribution in [0.5, 0.6) is 5.75 Å². The normalized spacial score (nSPS) is 15.0. The number of nitrogens with zero attached hydrogens (tertiary/aromatic N) is 1. The van der Waals surface area contributed by atoms with Gasteiger partial charge in [-0.25, -0.2) is 4.79 Å². The van der Waals surface area contributed by atoms with Gasteiger partial charge in [-0.3, -0.25) is 10.2 Å². The molecule has 1 amide bonds. The Morgan fingerprint density at radius 1 is 1.17 bits per heavy atom. The van der Waals surface area contributed by atoms with Gasteiger partial charge in [0.25, 0.3) is 0 Å². The third-order valence-corrected chi connectivity index (χ3v) is 3.55. The second kappa shape index (κ2) is 10.9. The molecule has 0 saturated carbocycles. The average molecular weight is 338 g/mol. The van der Waals surface area contributed by atoms with Gasteiger partial charge in [-0.15, -0.1) is 0 Å². The van der Waals surface area contributed by atoms with Crippen molar-refractivity contribution in [3.05, 3.63) is 24.3 Å². The highest BCUT2D eigenvalue weighted by Crippen LogP contribution is 2.16. The molecule has 1 aliphatic rings. The van der Waals surface area contributed by atoms with E-state index < -0.39 is 6.09 Å². The standard InChI is InChI=1S/C17H26N2O5/c1-2-21-13-14-24-17(20)18-15-3-5-16(6-4-15)23-12-9-19-7-10-22-11-8-19/h3-6H,2,7-14H2,1H3,(H,18,20). The highest BCUT2D eigenvalue weighted by atomic mass is 16.6. The number of nitrogens with one attached hydrogen (secondary N) is 1. The Morgan fingerprint density at radius 2 is 1.92 bits per heavy atom. The molecule has 0 aromatic heterocycles. The fourth-order valence-electron chi connectivity index (χ4n) is 2.24. The summed E-state index contributed by atoms with van der Waals surface area (Å²) in [6.07, 6.45) is -0.490. The number of anilines is 1. The van der Waals surface area contributed by atoms with Gasteiger partial charge in [0.2, 0.25) is 0 Å². The van der Waals surface area contributed by atoms with Crippen molar-refractivity contribution in [3.8, 4) is 5.75 Å². The molecule has 24 heavy (non-hydrogen) atoms. The Balaban J connectivity index is 1.63. The van der Waals surface area contributed by atoms with Crippen molar-refractivity contribution in [3.63, 3.8) is 0 Å². The summed E-state index contributed by atoms with van der Waals surface area (Å²) in [6.45, 7) is 8.16. The number of carbonyl (C=O) groups is 1. The van der Waals surface area contributed by atoms with Crippen molar-refractivity contribution in [1.82, 2.24) is 4.90 Å². The Kier molecular flexibility index (Phi) is 8.37. The van der Waals surface area contributed by atoms with Gasteiger partial charge in [0.1, 0.15) is 19.0 Å². The van der Waals surface area contributed by atoms with E-state index >= 15 is 0 Å². The number of hydrogen-bond donors (Lipinski definition) is 1. The molecule has 1 saturated heterocycles. The van der Waals surface area contributed by atoms with E-state index in [-0.39, 0.29) is 6.61 Å². The summed E-state index contributed by atoms with van der Waals surface area (Å²) in [5.41, 5.74) is 0.664. The Morgan fingerprint density at radius 3 is 2.62 bits per heavy atom. The number of ether oxygens (including phenoxy) is 4. The van der Waals surface area contributed by atoms with Crippen LogP contribution in [0.3, 0.4) is 0 Å². The van der Waals surface area contributed by atoms with Crippen molar-refractivity contribution < 1.29 is 23.7 Å². The molecule has 7 nitrogen and oxygen atoms in total. The van der Waals surface area contributed by atoms with Gasteiger partial charge in [0.15, 0.2) is 0 Å². The topological polar surface area (TPSA) is 69.3 Å². The maximum atomic E-state index is 11.6. The summed E-state index contributed by atoms with van der Waals surface area (Å²) < 4.78 is 21.1. The first kappa shape index (κ1) is 18.5. The number of amides is 1. The lowest BCUT2D eigenvalue weighted by atomic mass is 10.3. The molecule has 1 aromatic carbocycles. The molecule has 1 N–H and O–H groups in total. The predicted octanol–water partition coefficient (Wildman–Crippen LogP) is 1.98. The number of morpholine rings is 1. The summed E-state index contributed by atoms with van der Waals surface area (Å²) in [5, 5.41) is 2.66. The van der Waals surface area contributed by atoms with Gasteiger partial charge in [-0.1, -0.05) is 0 Å². The van der Waals surface area contributed by atoms with E-state index in [1.54, 1.807) is 12.1 Å². The van der Waals surface area contributed by atoms with Gasteiger partial charge in [0.05, 0.1) is 19.8 Å². The van der Waals surface area contributed by atoms with Crippen LogP contribution < -0.4 is 10.1 Å². The monoisotopic (exact) mass is 338 g/mol. The van der Waals surface area contributed by atoms with Crippen molar-refractivity contribution in [2.45, 2.75) is 6.92 Å². The van der Waals surface area contributed by atoms with Gasteiger partial charge >= 0.3 is 6.09 Å². The highest BCUT2D eigenvalue weighted by Gasteiger charge is 2.09. The quantitative estimate of drug-likeness (QED) is 0.695. The first-order chi connectivity index (χ1) is 11.8. The van der Waals surface area contributed by atoms with E-state index in [1.165, 1.54) is 0 Å². The third-order valence-electron chi connectivity index (χ3n) is 3.55. The van der Waals surface area contributed by atoms with E-state index in [2.05, 4.69) is 10.2 Å². The summed E-state index contributed by atoms with van der Waals surface area (Å²) in [4.78, 5) is 13.9. The minimum absolute atomic E-state index is 0.239. The van der Waals surface area contributed by atoms with Crippen LogP contribution in [-0.4, -0.2) is 70.3 Å². The van der Waals surface area contributed by atoms with E-state index in [0.29, 0.717) is 25.5 Å². The zero-order valence-electron chi connectivity index (χ0n) is 14.2. The Hall–Kier alpha value is -1.83. The molecule has 1 aromatic rings. The van der Waals surface area contributed by atoms with Crippen LogP contribution in [0.15, 0.2) is 24.3 Å². The SMILES string of the molecule is CCOCCOC(=O)Nc1ccc(OCCN2CCOCC2)cc1. The maximum Gasteiger partial charge on any atom is 0.411 e. The first-order valence-corrected chi connectivity index (χ1v) is 8.32. The van der Waals surface area contributed by atoms with Crippen LogP contribution in [0.1, 0.15) is 6.92 Å². The molecule has 1 heterocycles. The van der Waals surface area contributed by atoms with Crippen molar-refractivity contribution in [2.24, 2.45) is 0 Å². The number of carbonyl (C=O) groups excluding carboxylic acids is 1. The van der Waals surface area contributed by atoms with Gasteiger partial charge in [0, 0.05) is 31.9 Å². The first-order valence-electron chi connectivity index (χ1n) is 8.32. The molecule has 0 radical (unpaired) electrons. The molecular formula is C17H26N2O5. The fraction of sp³-hybridized carbons (Fsp3) is 0.588. The van der Waals surface area contributed by atoms with Crippen molar-refractivity contribution in [1.29, 1.82) is 0 Å². The minimum atomic E-state index is -0.490. The Bertz CT molecular complexity index is 474. The molecule has 0 aliphatic carbocycles. The van der Waals surface area contributed by atoms with Crippen molar-refractivity contribution >= 4 is 11.8 Å². The zero-order chi connectivity index (χ0) is 17.0. The van der Waals surface area contributed by atoms with Crippen LogP contribution in [0.2, 0.25) is 0 Å². The number of benzene rings is 1. The van der Waals surface area contributed by atoms with E-state index in [4.69, 9.17) is 18.9 Å². The van der Waals surface area contributed by atoms with Crippen LogP contribution in [0.25, 0.3) is 0 Å². The van der Waals surface area contributed by atoms with Gasteiger partial charge in [-0.05, 0) is 31.2 Å². The molecule has 0 spiro atoms. The maximum absolute atomic E-state index is 11.6. The second-order valence-corrected chi connectivity index (χ2v) is 5.28. The van der Waals surface area contributed by atoms with E-state index in [0.717, 1.165) is 38.6 Å². The molecule has 0 atom stereocenters. The fourth-order valence-corrected chi connectivity index (χ4v) is 2.24. The smallest absolute Gasteiger partial charge is 0.411 e. The largest absolute Gasteiger partial charge is 0.492 e. The summed E-state index contributed by atoms with van der Waals surface area (Å²) in [5.74, 6) is 0.776. The van der Waals surface area contributed by atoms with E-state index in [1.807, 2.05) is 19.1 Å². The lowest BCUT2D eigenvalue weighted by molar-refractivity contribution is 0.0322. The highest BCUT2D eigenvalue weighted by molar-refractivity contribution is 5.84. The molecular weight excluding hydrogens is 312 g/mol. The van der Waals surface area contributed by atoms with Crippen LogP contribution in [-0.2, 0) is 14.2 Å². The lowest BCUT2D eigenvalue weighted by Crippen LogP contribution is -2.38. The van der Waals surface area contributed by atoms with E-state index in [9.17, 15) is 4.79 Å². The molecule has 0 unspecified atom stereocenters. The summed E-state index contributed by atoms with van der Waals surface area (Å²) in [7, 11) is 0. The molecule has 0 bridgehead atoms. The molecule has 1 aliphatic heterocycles. The average Bonchev–Trinajstić information content (AvgIpc) is 2.61. The molecule has 7 heteroatoms. The number of rotatable bonds is 9. The zero-order valence-corrected chi connectivity index (χ0v) is 14.2. The molecule has 2 rings (SSSR count). The van der Waals surface area contributed by atoms with Gasteiger partial charge in [-0.2, -0.15) is 0 Å². The van der Waals surface area contributed by atoms with Crippen LogP contribution in [0.4, 0.5) is 10.5 Å². The Labute approximate surface area is 142 Å². The minimum Gasteiger partial charge on any atom is -0.492 e. The van der Waals surface area contributed by atoms with Crippen LogP contribution >= 0.6 is 0 Å². The molecule has 1 fully saturated rings. The third kappa shape index (κ3) is 7.16. The molecule has 134 valence electrons. The van der Waals surface area contributed by atoms with Gasteiger partial charge < -0.3 is 18.9 Å². The second-order valence-electron chi connectivity index (χ2n) is 5.28. The summed E-state index contributed by atoms with van der Waals surface area (Å²) in [6, 6.07) is 7.23. The predicted molar refractivity (Wildman–Crippen MR) is 90.7 cm³/mol. The number of hydrogen-bond acceptors (Lipinski definition) is 6.